The fourth-order valence-corrected chi connectivity index (χ4v) is 1.24. The summed E-state index contributed by atoms with van der Waals surface area (Å²) in [6, 6.07) is -1.47. The number of carboxylic acid groups (broad SMARTS) is 1. The molecule has 5 nitrogen and oxygen atoms in total. The molecule has 6 heteroatoms. The molecule has 0 aliphatic rings. The van der Waals surface area contributed by atoms with E-state index in [4.69, 9.17) is 16.9 Å². The number of hydrogen-bond donors (Lipinski definition) is 3. The molecular formula is C9H17ClN2O3. The van der Waals surface area contributed by atoms with E-state index in [2.05, 4.69) is 10.2 Å². The van der Waals surface area contributed by atoms with Crippen LogP contribution in [0.3, 0.4) is 0 Å². The minimum atomic E-state index is -1.07. The van der Waals surface area contributed by atoms with Gasteiger partial charge in [-0.05, 0) is 31.0 Å². The highest BCUT2D eigenvalue weighted by molar-refractivity contribution is 6.15. The first kappa shape index (κ1) is 14.2. The van der Waals surface area contributed by atoms with Crippen molar-refractivity contribution in [2.24, 2.45) is 5.92 Å². The highest BCUT2D eigenvalue weighted by Gasteiger charge is 2.22. The number of nitrogens with one attached hydrogen (secondary N) is 2. The molecule has 15 heavy (non-hydrogen) atoms. The van der Waals surface area contributed by atoms with Gasteiger partial charge in [-0.1, -0.05) is 13.8 Å². The van der Waals surface area contributed by atoms with Crippen LogP contribution in [-0.4, -0.2) is 29.1 Å². The predicted octanol–water partition coefficient (Wildman–Crippen LogP) is 0.734. The molecule has 0 rings (SSSR count). The summed E-state index contributed by atoms with van der Waals surface area (Å²) in [4.78, 5) is 24.3. The average Bonchev–Trinajstić information content (AvgIpc) is 2.13. The van der Waals surface area contributed by atoms with Crippen LogP contribution in [0.2, 0.25) is 0 Å². The number of rotatable bonds is 6. The SMILES string of the molecule is CC(C)C[C@H](NCl)C(=O)N[C@@H](C)C(=O)O. The molecule has 0 bridgehead atoms. The van der Waals surface area contributed by atoms with Gasteiger partial charge in [0.1, 0.15) is 12.1 Å². The number of aliphatic carboxylic acids is 1. The minimum absolute atomic E-state index is 0.298. The van der Waals surface area contributed by atoms with Crippen molar-refractivity contribution < 1.29 is 14.7 Å². The molecule has 0 unspecified atom stereocenters. The van der Waals surface area contributed by atoms with Crippen LogP contribution < -0.4 is 10.2 Å². The first-order chi connectivity index (χ1) is 6.88. The van der Waals surface area contributed by atoms with Crippen LogP contribution in [-0.2, 0) is 9.59 Å². The fraction of sp³-hybridized carbons (Fsp3) is 0.778. The van der Waals surface area contributed by atoms with Gasteiger partial charge < -0.3 is 10.4 Å². The summed E-state index contributed by atoms with van der Waals surface area (Å²) in [6.07, 6.45) is 0.557. The Balaban J connectivity index is 4.21. The number of hydrogen-bond acceptors (Lipinski definition) is 3. The minimum Gasteiger partial charge on any atom is -0.480 e. The lowest BCUT2D eigenvalue weighted by atomic mass is 10.0. The summed E-state index contributed by atoms with van der Waals surface area (Å²) in [7, 11) is 0. The molecule has 0 saturated carbocycles. The summed E-state index contributed by atoms with van der Waals surface area (Å²) in [6.45, 7) is 5.31. The standard InChI is InChI=1S/C9H17ClN2O3/c1-5(2)4-7(12-10)8(13)11-6(3)9(14)15/h5-7,12H,4H2,1-3H3,(H,11,13)(H,14,15)/t6-,7-/m0/s1. The Kier molecular flexibility index (Phi) is 6.27. The third-order valence-electron chi connectivity index (χ3n) is 1.88. The van der Waals surface area contributed by atoms with E-state index in [-0.39, 0.29) is 0 Å². The molecule has 0 spiro atoms. The summed E-state index contributed by atoms with van der Waals surface area (Å²) >= 11 is 5.41. The molecule has 88 valence electrons. The lowest BCUT2D eigenvalue weighted by Crippen LogP contribution is -2.47. The number of halogens is 1. The molecule has 0 aliphatic heterocycles. The van der Waals surface area contributed by atoms with E-state index >= 15 is 0 Å². The van der Waals surface area contributed by atoms with Crippen molar-refractivity contribution in [3.05, 3.63) is 0 Å². The average molecular weight is 237 g/mol. The quantitative estimate of drug-likeness (QED) is 0.595. The van der Waals surface area contributed by atoms with Crippen LogP contribution in [0, 0.1) is 5.92 Å². The molecule has 0 aromatic rings. The molecule has 2 atom stereocenters. The van der Waals surface area contributed by atoms with Gasteiger partial charge in [0.25, 0.3) is 0 Å². The molecule has 3 N–H and O–H groups in total. The number of carbonyl (C=O) groups is 2. The topological polar surface area (TPSA) is 78.4 Å². The summed E-state index contributed by atoms with van der Waals surface area (Å²) in [5.74, 6) is -1.16. The highest BCUT2D eigenvalue weighted by Crippen LogP contribution is 2.05. The van der Waals surface area contributed by atoms with Crippen molar-refractivity contribution in [1.29, 1.82) is 0 Å². The fourth-order valence-electron chi connectivity index (χ4n) is 1.05. The number of carbonyl (C=O) groups excluding carboxylic acids is 1. The van der Waals surface area contributed by atoms with E-state index < -0.39 is 24.0 Å². The van der Waals surface area contributed by atoms with E-state index in [1.807, 2.05) is 13.8 Å². The number of amides is 1. The predicted molar refractivity (Wildman–Crippen MR) is 57.5 cm³/mol. The number of carboxylic acids is 1. The van der Waals surface area contributed by atoms with Crippen molar-refractivity contribution in [1.82, 2.24) is 10.2 Å². The van der Waals surface area contributed by atoms with Crippen molar-refractivity contribution in [2.75, 3.05) is 0 Å². The molecule has 0 heterocycles. The van der Waals surface area contributed by atoms with E-state index in [0.717, 1.165) is 0 Å². The molecule has 0 fully saturated rings. The second-order valence-corrected chi connectivity index (χ2v) is 4.08. The van der Waals surface area contributed by atoms with Gasteiger partial charge in [0.15, 0.2) is 0 Å². The summed E-state index contributed by atoms with van der Waals surface area (Å²) in [5.41, 5.74) is 0. The van der Waals surface area contributed by atoms with Gasteiger partial charge in [0.2, 0.25) is 5.91 Å². The van der Waals surface area contributed by atoms with Gasteiger partial charge in [-0.25, -0.2) is 4.84 Å². The molecular weight excluding hydrogens is 220 g/mol. The maximum absolute atomic E-state index is 11.5. The van der Waals surface area contributed by atoms with Crippen LogP contribution in [0.25, 0.3) is 0 Å². The third kappa shape index (κ3) is 5.59. The smallest absolute Gasteiger partial charge is 0.325 e. The zero-order chi connectivity index (χ0) is 12.0. The maximum atomic E-state index is 11.5. The molecule has 0 aromatic carbocycles. The highest BCUT2D eigenvalue weighted by atomic mass is 35.5. The largest absolute Gasteiger partial charge is 0.480 e. The first-order valence-electron chi connectivity index (χ1n) is 4.77. The zero-order valence-electron chi connectivity index (χ0n) is 9.08. The molecule has 0 aliphatic carbocycles. The van der Waals surface area contributed by atoms with Crippen LogP contribution >= 0.6 is 11.8 Å². The van der Waals surface area contributed by atoms with Gasteiger partial charge in [0.05, 0.1) is 0 Å². The van der Waals surface area contributed by atoms with Crippen LogP contribution in [0.15, 0.2) is 0 Å². The molecule has 0 saturated heterocycles. The van der Waals surface area contributed by atoms with Crippen molar-refractivity contribution in [2.45, 2.75) is 39.3 Å². The second-order valence-electron chi connectivity index (χ2n) is 3.86. The van der Waals surface area contributed by atoms with E-state index in [0.29, 0.717) is 12.3 Å². The molecule has 1 amide bonds. The van der Waals surface area contributed by atoms with Gasteiger partial charge in [-0.15, -0.1) is 0 Å². The van der Waals surface area contributed by atoms with E-state index in [9.17, 15) is 9.59 Å². The van der Waals surface area contributed by atoms with Crippen molar-refractivity contribution in [3.8, 4) is 0 Å². The molecule has 0 radical (unpaired) electrons. The summed E-state index contributed by atoms with van der Waals surface area (Å²) in [5, 5.41) is 10.9. The monoisotopic (exact) mass is 236 g/mol. The van der Waals surface area contributed by atoms with Gasteiger partial charge in [-0.3, -0.25) is 9.59 Å². The normalized spacial score (nSPS) is 14.7. The third-order valence-corrected chi connectivity index (χ3v) is 2.15. The second kappa shape index (κ2) is 6.63. The Labute approximate surface area is 94.3 Å². The first-order valence-corrected chi connectivity index (χ1v) is 5.15. The maximum Gasteiger partial charge on any atom is 0.325 e. The van der Waals surface area contributed by atoms with Crippen molar-refractivity contribution in [3.63, 3.8) is 0 Å². The Hall–Kier alpha value is -0.810. The zero-order valence-corrected chi connectivity index (χ0v) is 9.84. The lowest BCUT2D eigenvalue weighted by molar-refractivity contribution is -0.141. The Morgan fingerprint density at radius 3 is 2.20 bits per heavy atom. The van der Waals surface area contributed by atoms with Crippen molar-refractivity contribution >= 4 is 23.7 Å². The van der Waals surface area contributed by atoms with Crippen LogP contribution in [0.5, 0.6) is 0 Å². The Bertz CT molecular complexity index is 233. The van der Waals surface area contributed by atoms with Gasteiger partial charge in [-0.2, -0.15) is 0 Å². The van der Waals surface area contributed by atoms with Crippen LogP contribution in [0.4, 0.5) is 0 Å². The molecule has 0 aromatic heterocycles. The summed E-state index contributed by atoms with van der Waals surface area (Å²) < 4.78 is 0. The van der Waals surface area contributed by atoms with E-state index in [1.54, 1.807) is 0 Å². The van der Waals surface area contributed by atoms with Crippen LogP contribution in [0.1, 0.15) is 27.2 Å². The lowest BCUT2D eigenvalue weighted by Gasteiger charge is -2.18. The van der Waals surface area contributed by atoms with Gasteiger partial charge in [0, 0.05) is 0 Å². The Morgan fingerprint density at radius 2 is 1.87 bits per heavy atom. The van der Waals surface area contributed by atoms with E-state index in [1.165, 1.54) is 6.92 Å². The Morgan fingerprint density at radius 1 is 1.33 bits per heavy atom. The van der Waals surface area contributed by atoms with Gasteiger partial charge >= 0.3 is 5.97 Å².